The lowest BCUT2D eigenvalue weighted by Gasteiger charge is -2.14. The molecule has 0 amide bonds. The fourth-order valence-electron chi connectivity index (χ4n) is 1.54. The van der Waals surface area contributed by atoms with Crippen LogP contribution in [-0.4, -0.2) is 34.4 Å². The molecular weight excluding hydrogens is 232 g/mol. The van der Waals surface area contributed by atoms with Crippen molar-refractivity contribution in [1.82, 2.24) is 20.3 Å². The zero-order chi connectivity index (χ0) is 13.1. The van der Waals surface area contributed by atoms with E-state index in [1.165, 1.54) is 0 Å². The van der Waals surface area contributed by atoms with Crippen molar-refractivity contribution >= 4 is 11.8 Å². The van der Waals surface area contributed by atoms with E-state index in [4.69, 9.17) is 0 Å². The lowest BCUT2D eigenvalue weighted by Crippen LogP contribution is -2.14. The van der Waals surface area contributed by atoms with Gasteiger partial charge < -0.3 is 10.2 Å². The van der Waals surface area contributed by atoms with Crippen LogP contribution in [0.15, 0.2) is 10.8 Å². The molecule has 0 saturated heterocycles. The van der Waals surface area contributed by atoms with E-state index in [-0.39, 0.29) is 0 Å². The Morgan fingerprint density at radius 3 is 2.67 bits per heavy atom. The Kier molecular flexibility index (Phi) is 3.40. The summed E-state index contributed by atoms with van der Waals surface area (Å²) in [6.45, 7) is 4.31. The average molecular weight is 248 g/mol. The molecule has 0 aromatic carbocycles. The minimum Gasteiger partial charge on any atom is -0.362 e. The van der Waals surface area contributed by atoms with Crippen molar-refractivity contribution in [3.63, 3.8) is 0 Å². The standard InChI is InChI=1S/C11H16N6O/c1-7-5-12-11(14-10(7)17(3)4)13-6-9-8(2)15-18-16-9/h5H,6H2,1-4H3,(H,12,13,14). The highest BCUT2D eigenvalue weighted by atomic mass is 16.6. The lowest BCUT2D eigenvalue weighted by molar-refractivity contribution is 0.301. The second-order valence-corrected chi connectivity index (χ2v) is 4.24. The predicted octanol–water partition coefficient (Wildman–Crippen LogP) is 1.15. The maximum atomic E-state index is 4.63. The smallest absolute Gasteiger partial charge is 0.224 e. The summed E-state index contributed by atoms with van der Waals surface area (Å²) < 4.78 is 4.63. The van der Waals surface area contributed by atoms with Crippen LogP contribution in [0.4, 0.5) is 11.8 Å². The van der Waals surface area contributed by atoms with Crippen LogP contribution in [0.5, 0.6) is 0 Å². The molecule has 0 radical (unpaired) electrons. The van der Waals surface area contributed by atoms with Crippen LogP contribution in [0.1, 0.15) is 17.0 Å². The summed E-state index contributed by atoms with van der Waals surface area (Å²) in [5.41, 5.74) is 2.55. The molecule has 96 valence electrons. The lowest BCUT2D eigenvalue weighted by atomic mass is 10.3. The van der Waals surface area contributed by atoms with Gasteiger partial charge in [0.15, 0.2) is 0 Å². The molecule has 0 aliphatic rings. The molecule has 0 atom stereocenters. The van der Waals surface area contributed by atoms with E-state index in [9.17, 15) is 0 Å². The van der Waals surface area contributed by atoms with Gasteiger partial charge in [-0.25, -0.2) is 9.61 Å². The first-order chi connectivity index (χ1) is 8.58. The Morgan fingerprint density at radius 1 is 1.28 bits per heavy atom. The second kappa shape index (κ2) is 4.99. The fraction of sp³-hybridized carbons (Fsp3) is 0.455. The molecule has 2 rings (SSSR count). The highest BCUT2D eigenvalue weighted by Crippen LogP contribution is 2.15. The van der Waals surface area contributed by atoms with Gasteiger partial charge in [0.1, 0.15) is 17.2 Å². The van der Waals surface area contributed by atoms with Crippen molar-refractivity contribution in [2.75, 3.05) is 24.3 Å². The number of aryl methyl sites for hydroxylation is 2. The van der Waals surface area contributed by atoms with Crippen molar-refractivity contribution in [1.29, 1.82) is 0 Å². The first-order valence-electron chi connectivity index (χ1n) is 5.61. The molecule has 0 saturated carbocycles. The summed E-state index contributed by atoms with van der Waals surface area (Å²) in [4.78, 5) is 10.6. The Bertz CT molecular complexity index is 536. The minimum atomic E-state index is 0.491. The summed E-state index contributed by atoms with van der Waals surface area (Å²) in [5.74, 6) is 1.45. The van der Waals surface area contributed by atoms with Gasteiger partial charge >= 0.3 is 0 Å². The van der Waals surface area contributed by atoms with Crippen LogP contribution in [0.25, 0.3) is 0 Å². The van der Waals surface area contributed by atoms with Gasteiger partial charge in [-0.15, -0.1) is 0 Å². The third-order valence-electron chi connectivity index (χ3n) is 2.53. The van der Waals surface area contributed by atoms with Gasteiger partial charge in [-0.2, -0.15) is 4.98 Å². The first-order valence-corrected chi connectivity index (χ1v) is 5.61. The topological polar surface area (TPSA) is 80.0 Å². The van der Waals surface area contributed by atoms with Crippen molar-refractivity contribution in [2.24, 2.45) is 0 Å². The highest BCUT2D eigenvalue weighted by Gasteiger charge is 2.08. The van der Waals surface area contributed by atoms with Crippen LogP contribution < -0.4 is 10.2 Å². The number of nitrogens with zero attached hydrogens (tertiary/aromatic N) is 5. The summed E-state index contributed by atoms with van der Waals surface area (Å²) in [6.07, 6.45) is 1.79. The zero-order valence-corrected chi connectivity index (χ0v) is 10.9. The minimum absolute atomic E-state index is 0.491. The van der Waals surface area contributed by atoms with E-state index in [1.54, 1.807) is 6.20 Å². The van der Waals surface area contributed by atoms with E-state index < -0.39 is 0 Å². The summed E-state index contributed by atoms with van der Waals surface area (Å²) in [7, 11) is 3.90. The van der Waals surface area contributed by atoms with E-state index in [0.717, 1.165) is 22.8 Å². The van der Waals surface area contributed by atoms with E-state index >= 15 is 0 Å². The maximum absolute atomic E-state index is 4.63. The summed E-state index contributed by atoms with van der Waals surface area (Å²) in [5, 5.41) is 10.6. The van der Waals surface area contributed by atoms with E-state index in [2.05, 4.69) is 30.2 Å². The fourth-order valence-corrected chi connectivity index (χ4v) is 1.54. The molecule has 2 heterocycles. The monoisotopic (exact) mass is 248 g/mol. The number of hydrogen-bond acceptors (Lipinski definition) is 7. The van der Waals surface area contributed by atoms with Crippen molar-refractivity contribution < 1.29 is 4.63 Å². The van der Waals surface area contributed by atoms with E-state index in [0.29, 0.717) is 12.5 Å². The van der Waals surface area contributed by atoms with Crippen LogP contribution in [0.2, 0.25) is 0 Å². The highest BCUT2D eigenvalue weighted by molar-refractivity contribution is 5.47. The normalized spacial score (nSPS) is 10.4. The van der Waals surface area contributed by atoms with Gasteiger partial charge in [0.2, 0.25) is 5.95 Å². The molecule has 0 aliphatic carbocycles. The molecule has 7 heteroatoms. The number of rotatable bonds is 4. The largest absolute Gasteiger partial charge is 0.362 e. The van der Waals surface area contributed by atoms with E-state index in [1.807, 2.05) is 32.8 Å². The Balaban J connectivity index is 2.10. The third-order valence-corrected chi connectivity index (χ3v) is 2.53. The molecule has 0 aliphatic heterocycles. The van der Waals surface area contributed by atoms with Crippen LogP contribution in [0.3, 0.4) is 0 Å². The number of aromatic nitrogens is 4. The average Bonchev–Trinajstić information content (AvgIpc) is 2.73. The Morgan fingerprint density at radius 2 is 2.06 bits per heavy atom. The first kappa shape index (κ1) is 12.3. The van der Waals surface area contributed by atoms with Gasteiger partial charge in [-0.1, -0.05) is 10.3 Å². The number of nitrogens with one attached hydrogen (secondary N) is 1. The molecule has 7 nitrogen and oxygen atoms in total. The quantitative estimate of drug-likeness (QED) is 0.869. The third kappa shape index (κ3) is 2.55. The van der Waals surface area contributed by atoms with Gasteiger partial charge in [-0.3, -0.25) is 0 Å². The maximum Gasteiger partial charge on any atom is 0.224 e. The predicted molar refractivity (Wildman–Crippen MR) is 67.5 cm³/mol. The number of hydrogen-bond donors (Lipinski definition) is 1. The summed E-state index contributed by atoms with van der Waals surface area (Å²) >= 11 is 0. The summed E-state index contributed by atoms with van der Waals surface area (Å²) in [6, 6.07) is 0. The molecule has 2 aromatic rings. The molecule has 0 unspecified atom stereocenters. The molecular formula is C11H16N6O. The van der Waals surface area contributed by atoms with Gasteiger partial charge in [0.05, 0.1) is 6.54 Å². The Labute approximate surface area is 105 Å². The van der Waals surface area contributed by atoms with Crippen molar-refractivity contribution in [2.45, 2.75) is 20.4 Å². The molecule has 2 aromatic heterocycles. The molecule has 1 N–H and O–H groups in total. The number of anilines is 2. The van der Waals surface area contributed by atoms with Gasteiger partial charge in [0.25, 0.3) is 0 Å². The van der Waals surface area contributed by atoms with Gasteiger partial charge in [0, 0.05) is 25.9 Å². The second-order valence-electron chi connectivity index (χ2n) is 4.24. The molecule has 0 fully saturated rings. The Hall–Kier alpha value is -2.18. The van der Waals surface area contributed by atoms with Gasteiger partial charge in [-0.05, 0) is 13.8 Å². The van der Waals surface area contributed by atoms with Crippen molar-refractivity contribution in [3.8, 4) is 0 Å². The molecule has 0 bridgehead atoms. The van der Waals surface area contributed by atoms with Crippen LogP contribution >= 0.6 is 0 Å². The SMILES string of the molecule is Cc1cnc(NCc2nonc2C)nc1N(C)C. The zero-order valence-electron chi connectivity index (χ0n) is 10.9. The molecule has 18 heavy (non-hydrogen) atoms. The van der Waals surface area contributed by atoms with Crippen molar-refractivity contribution in [3.05, 3.63) is 23.1 Å². The molecule has 0 spiro atoms. The van der Waals surface area contributed by atoms with Crippen LogP contribution in [-0.2, 0) is 6.54 Å². The van der Waals surface area contributed by atoms with Crippen LogP contribution in [0, 0.1) is 13.8 Å².